The Balaban J connectivity index is 1.64. The molecule has 0 saturated heterocycles. The van der Waals surface area contributed by atoms with Gasteiger partial charge in [-0.25, -0.2) is 9.98 Å². The summed E-state index contributed by atoms with van der Waals surface area (Å²) in [5.41, 5.74) is 7.40. The molecule has 2 N–H and O–H groups in total. The fourth-order valence-electron chi connectivity index (χ4n) is 4.42. The molecular weight excluding hydrogens is 418 g/mol. The van der Waals surface area contributed by atoms with Crippen molar-refractivity contribution in [1.29, 1.82) is 0 Å². The number of pyridine rings is 1. The van der Waals surface area contributed by atoms with E-state index in [2.05, 4.69) is 0 Å². The number of likely N-dealkylation sites (N-methyl/N-ethyl adjacent to an activating group) is 1. The van der Waals surface area contributed by atoms with Crippen LogP contribution in [0.5, 0.6) is 5.75 Å². The number of carbonyl (C=O) groups excluding carboxylic acids is 1. The first-order chi connectivity index (χ1) is 16.1. The van der Waals surface area contributed by atoms with Crippen molar-refractivity contribution < 1.29 is 14.3 Å². The van der Waals surface area contributed by atoms with Gasteiger partial charge >= 0.3 is 0 Å². The van der Waals surface area contributed by atoms with Crippen LogP contribution in [0.2, 0.25) is 0 Å². The molecule has 170 valence electrons. The molecule has 4 heterocycles. The first-order valence-electron chi connectivity index (χ1n) is 11.2. The number of fused-ring (bicyclic) bond motifs is 2. The normalized spacial score (nSPS) is 21.3. The first kappa shape index (κ1) is 21.2. The van der Waals surface area contributed by atoms with Crippen LogP contribution in [-0.2, 0) is 15.1 Å². The number of hydrogen-bond donors (Lipinski definition) is 1. The number of hydrogen-bond acceptors (Lipinski definition) is 6. The van der Waals surface area contributed by atoms with Crippen LogP contribution in [0, 0.1) is 0 Å². The molecule has 0 aliphatic carbocycles. The predicted octanol–water partition coefficient (Wildman–Crippen LogP) is 3.10. The maximum atomic E-state index is 13.5. The smallest absolute Gasteiger partial charge is 0.261 e. The third-order valence-corrected chi connectivity index (χ3v) is 6.19. The third kappa shape index (κ3) is 3.87. The maximum absolute atomic E-state index is 13.5. The van der Waals surface area contributed by atoms with E-state index in [1.165, 1.54) is 4.90 Å². The molecule has 0 bridgehead atoms. The lowest BCUT2D eigenvalue weighted by atomic mass is 9.83. The average molecular weight is 446 g/mol. The van der Waals surface area contributed by atoms with Gasteiger partial charge in [0.25, 0.3) is 5.91 Å². The molecule has 1 amide bonds. The molecule has 8 heteroatoms. The maximum Gasteiger partial charge on any atom is 0.261 e. The molecule has 1 aromatic carbocycles. The summed E-state index contributed by atoms with van der Waals surface area (Å²) in [7, 11) is 1.66. The Morgan fingerprint density at radius 2 is 1.88 bits per heavy atom. The highest BCUT2D eigenvalue weighted by Gasteiger charge is 2.49. The molecule has 33 heavy (non-hydrogen) atoms. The highest BCUT2D eigenvalue weighted by molar-refractivity contribution is 6.07. The Morgan fingerprint density at radius 1 is 1.03 bits per heavy atom. The number of rotatable bonds is 2. The van der Waals surface area contributed by atoms with E-state index in [4.69, 9.17) is 25.2 Å². The van der Waals surface area contributed by atoms with E-state index in [1.54, 1.807) is 7.05 Å². The van der Waals surface area contributed by atoms with Crippen LogP contribution in [0.3, 0.4) is 0 Å². The van der Waals surface area contributed by atoms with Crippen LogP contribution in [0.15, 0.2) is 65.9 Å². The highest BCUT2D eigenvalue weighted by Crippen LogP contribution is 2.43. The summed E-state index contributed by atoms with van der Waals surface area (Å²) in [5, 5.41) is 0. The van der Waals surface area contributed by atoms with E-state index in [-0.39, 0.29) is 11.9 Å². The molecule has 0 radical (unpaired) electrons. The van der Waals surface area contributed by atoms with Gasteiger partial charge in [0.1, 0.15) is 18.2 Å². The van der Waals surface area contributed by atoms with Crippen molar-refractivity contribution in [1.82, 2.24) is 14.5 Å². The second kappa shape index (κ2) is 8.71. The standard InChI is InChI=1S/C25H27N5O3/c1-29-23(31)25(28-24(29)26)11-2-5-14-32-15-16-33-21-10-9-18(17-19(21)25)20-7-6-8-22(27-20)30-12-3-4-13-30/h3-4,6-10,12-13,17H,2,5,11,14-16H2,1H3,(H2,26,28)/t25-/m0/s1. The third-order valence-electron chi connectivity index (χ3n) is 6.19. The van der Waals surface area contributed by atoms with Crippen LogP contribution in [0.4, 0.5) is 0 Å². The minimum Gasteiger partial charge on any atom is -0.491 e. The Hall–Kier alpha value is -3.65. The van der Waals surface area contributed by atoms with Crippen LogP contribution >= 0.6 is 0 Å². The Morgan fingerprint density at radius 3 is 2.67 bits per heavy atom. The van der Waals surface area contributed by atoms with Crippen LogP contribution in [0.1, 0.15) is 24.8 Å². The van der Waals surface area contributed by atoms with E-state index >= 15 is 0 Å². The molecule has 1 spiro atoms. The van der Waals surface area contributed by atoms with Gasteiger partial charge in [0, 0.05) is 37.2 Å². The summed E-state index contributed by atoms with van der Waals surface area (Å²) in [6.45, 7) is 1.52. The summed E-state index contributed by atoms with van der Waals surface area (Å²) in [4.78, 5) is 24.5. The molecule has 5 rings (SSSR count). The van der Waals surface area contributed by atoms with Gasteiger partial charge in [-0.15, -0.1) is 0 Å². The quantitative estimate of drug-likeness (QED) is 0.654. The fraction of sp³-hybridized carbons (Fsp3) is 0.320. The van der Waals surface area contributed by atoms with Gasteiger partial charge in [-0.05, 0) is 61.7 Å². The van der Waals surface area contributed by atoms with Crippen molar-refractivity contribution in [3.05, 3.63) is 66.5 Å². The Bertz CT molecular complexity index is 1190. The second-order valence-corrected chi connectivity index (χ2v) is 8.29. The van der Waals surface area contributed by atoms with Crippen LogP contribution in [0.25, 0.3) is 17.1 Å². The fourth-order valence-corrected chi connectivity index (χ4v) is 4.42. The minimum absolute atomic E-state index is 0.142. The lowest BCUT2D eigenvalue weighted by Gasteiger charge is -2.27. The number of nitrogens with two attached hydrogens (primary N) is 1. The number of nitrogens with zero attached hydrogens (tertiary/aromatic N) is 4. The lowest BCUT2D eigenvalue weighted by molar-refractivity contribution is -0.131. The Kier molecular flexibility index (Phi) is 5.60. The van der Waals surface area contributed by atoms with E-state index in [0.717, 1.165) is 29.9 Å². The van der Waals surface area contributed by atoms with Gasteiger partial charge in [-0.2, -0.15) is 0 Å². The van der Waals surface area contributed by atoms with Gasteiger partial charge in [-0.3, -0.25) is 9.69 Å². The number of aliphatic imine (C=N–C) groups is 1. The number of amides is 1. The molecule has 2 aliphatic heterocycles. The summed E-state index contributed by atoms with van der Waals surface area (Å²) >= 11 is 0. The van der Waals surface area contributed by atoms with Crippen molar-refractivity contribution in [2.75, 3.05) is 26.9 Å². The number of aromatic nitrogens is 2. The largest absolute Gasteiger partial charge is 0.491 e. The van der Waals surface area contributed by atoms with E-state index in [9.17, 15) is 4.79 Å². The SMILES string of the molecule is CN1C(=O)[C@@]2(CCCCOCCOc3ccc(-c4cccc(-n5cccc5)n4)cc32)N=C1N. The van der Waals surface area contributed by atoms with E-state index in [0.29, 0.717) is 37.6 Å². The van der Waals surface area contributed by atoms with Gasteiger partial charge in [0.05, 0.1) is 12.3 Å². The lowest BCUT2D eigenvalue weighted by Crippen LogP contribution is -2.40. The molecule has 8 nitrogen and oxygen atoms in total. The summed E-state index contributed by atoms with van der Waals surface area (Å²) < 4.78 is 13.7. The zero-order valence-electron chi connectivity index (χ0n) is 18.6. The van der Waals surface area contributed by atoms with Gasteiger partial charge in [0.2, 0.25) is 0 Å². The predicted molar refractivity (Wildman–Crippen MR) is 125 cm³/mol. The molecule has 2 aromatic heterocycles. The number of carbonyl (C=O) groups is 1. The first-order valence-corrected chi connectivity index (χ1v) is 11.2. The molecule has 0 fully saturated rings. The molecule has 0 saturated carbocycles. The zero-order valence-corrected chi connectivity index (χ0v) is 18.6. The zero-order chi connectivity index (χ0) is 22.8. The van der Waals surface area contributed by atoms with Crippen LogP contribution < -0.4 is 10.5 Å². The molecule has 2 aliphatic rings. The van der Waals surface area contributed by atoms with Gasteiger partial charge in [-0.1, -0.05) is 6.07 Å². The molecular formula is C25H27N5O3. The number of benzene rings is 1. The van der Waals surface area contributed by atoms with Gasteiger partial charge < -0.3 is 19.8 Å². The number of guanidine groups is 1. The second-order valence-electron chi connectivity index (χ2n) is 8.29. The van der Waals surface area contributed by atoms with Crippen LogP contribution in [-0.4, -0.2) is 53.2 Å². The summed E-state index contributed by atoms with van der Waals surface area (Å²) in [6.07, 6.45) is 6.05. The topological polar surface area (TPSA) is 95.0 Å². The summed E-state index contributed by atoms with van der Waals surface area (Å²) in [6, 6.07) is 15.6. The van der Waals surface area contributed by atoms with Crippen molar-refractivity contribution >= 4 is 11.9 Å². The highest BCUT2D eigenvalue weighted by atomic mass is 16.5. The molecule has 0 unspecified atom stereocenters. The molecule has 1 atom stereocenters. The average Bonchev–Trinajstić information content (AvgIpc) is 3.44. The van der Waals surface area contributed by atoms with E-state index in [1.807, 2.05) is 65.5 Å². The monoisotopic (exact) mass is 445 g/mol. The van der Waals surface area contributed by atoms with Crippen molar-refractivity contribution in [3.8, 4) is 22.8 Å². The van der Waals surface area contributed by atoms with Crippen molar-refractivity contribution in [2.45, 2.75) is 24.8 Å². The molecule has 3 aromatic rings. The Labute approximate surface area is 192 Å². The van der Waals surface area contributed by atoms with Gasteiger partial charge in [0.15, 0.2) is 11.5 Å². The van der Waals surface area contributed by atoms with Crippen molar-refractivity contribution in [3.63, 3.8) is 0 Å². The van der Waals surface area contributed by atoms with Crippen molar-refractivity contribution in [2.24, 2.45) is 10.7 Å². The van der Waals surface area contributed by atoms with E-state index < -0.39 is 5.54 Å². The number of ether oxygens (including phenoxy) is 2. The minimum atomic E-state index is -1.12. The summed E-state index contributed by atoms with van der Waals surface area (Å²) in [5.74, 6) is 1.51.